The Kier molecular flexibility index (Phi) is 20.1. The lowest BCUT2D eigenvalue weighted by atomic mass is 10.5. The van der Waals surface area contributed by atoms with Gasteiger partial charge in [-0.05, 0) is 26.4 Å². The molecule has 0 spiro atoms. The molecule has 0 aliphatic carbocycles. The molecule has 1 N–H and O–H groups in total. The molecule has 0 bridgehead atoms. The fourth-order valence-electron chi connectivity index (χ4n) is 0.454. The smallest absolute Gasteiger partial charge is 0.0459 e. The lowest BCUT2D eigenvalue weighted by molar-refractivity contribution is 0.199. The molecule has 0 saturated carbocycles. The first-order valence-corrected chi connectivity index (χ1v) is 3.96. The van der Waals surface area contributed by atoms with E-state index in [1.54, 1.807) is 7.11 Å². The van der Waals surface area contributed by atoms with Gasteiger partial charge < -0.3 is 10.1 Å². The normalized spacial score (nSPS) is 8.40. The summed E-state index contributed by atoms with van der Waals surface area (Å²) in [5.41, 5.74) is 0. The predicted molar refractivity (Wildman–Crippen MR) is 46.4 cm³/mol. The number of methoxy groups -OCH3 is 1. The third-order valence-corrected chi connectivity index (χ3v) is 0.908. The maximum atomic E-state index is 4.69. The van der Waals surface area contributed by atoms with Gasteiger partial charge in [0.2, 0.25) is 0 Å². The van der Waals surface area contributed by atoms with Crippen LogP contribution >= 0.6 is 0 Å². The van der Waals surface area contributed by atoms with Crippen LogP contribution in [-0.4, -0.2) is 27.3 Å². The van der Waals surface area contributed by atoms with Crippen LogP contribution in [0.3, 0.4) is 0 Å². The van der Waals surface area contributed by atoms with Crippen LogP contribution in [0.2, 0.25) is 0 Å². The van der Waals surface area contributed by atoms with Gasteiger partial charge in [0, 0.05) is 13.7 Å². The van der Waals surface area contributed by atoms with E-state index >= 15 is 0 Å². The van der Waals surface area contributed by atoms with E-state index in [2.05, 4.69) is 19.2 Å². The summed E-state index contributed by atoms with van der Waals surface area (Å²) in [6.45, 7) is 6.26. The molecular weight excluding hydrogens is 126 g/mol. The minimum Gasteiger partial charge on any atom is -0.385 e. The van der Waals surface area contributed by atoms with Crippen molar-refractivity contribution in [1.29, 1.82) is 0 Å². The van der Waals surface area contributed by atoms with E-state index < -0.39 is 0 Å². The first-order chi connectivity index (χ1) is 4.83. The molecule has 0 aromatic carbocycles. The SMILES string of the molecule is CCCNC.CCCOC. The highest BCUT2D eigenvalue weighted by Crippen LogP contribution is 1.70. The van der Waals surface area contributed by atoms with Crippen LogP contribution in [-0.2, 0) is 4.74 Å². The molecule has 2 nitrogen and oxygen atoms in total. The Bertz CT molecular complexity index is 30.2. The van der Waals surface area contributed by atoms with Crippen LogP contribution < -0.4 is 5.32 Å². The average Bonchev–Trinajstić information content (AvgIpc) is 1.93. The number of rotatable bonds is 4. The molecule has 64 valence electrons. The van der Waals surface area contributed by atoms with Gasteiger partial charge >= 0.3 is 0 Å². The molecule has 0 saturated heterocycles. The van der Waals surface area contributed by atoms with Crippen molar-refractivity contribution in [1.82, 2.24) is 5.32 Å². The zero-order valence-electron chi connectivity index (χ0n) is 7.74. The van der Waals surface area contributed by atoms with Gasteiger partial charge in [0.25, 0.3) is 0 Å². The van der Waals surface area contributed by atoms with Crippen molar-refractivity contribution < 1.29 is 4.74 Å². The van der Waals surface area contributed by atoms with Crippen molar-refractivity contribution in [3.05, 3.63) is 0 Å². The lowest BCUT2D eigenvalue weighted by Crippen LogP contribution is -2.04. The molecule has 0 atom stereocenters. The van der Waals surface area contributed by atoms with Crippen LogP contribution in [0.5, 0.6) is 0 Å². The second kappa shape index (κ2) is 16.0. The Morgan fingerprint density at radius 3 is 1.80 bits per heavy atom. The molecule has 0 aliphatic rings. The highest BCUT2D eigenvalue weighted by atomic mass is 16.5. The second-order valence-corrected chi connectivity index (χ2v) is 2.10. The van der Waals surface area contributed by atoms with E-state index in [-0.39, 0.29) is 0 Å². The summed E-state index contributed by atoms with van der Waals surface area (Å²) in [5, 5.41) is 3.02. The van der Waals surface area contributed by atoms with Gasteiger partial charge in [-0.1, -0.05) is 13.8 Å². The van der Waals surface area contributed by atoms with E-state index in [0.29, 0.717) is 0 Å². The summed E-state index contributed by atoms with van der Waals surface area (Å²) in [7, 11) is 3.67. The largest absolute Gasteiger partial charge is 0.385 e. The summed E-state index contributed by atoms with van der Waals surface area (Å²) in [5.74, 6) is 0. The summed E-state index contributed by atoms with van der Waals surface area (Å²) in [6.07, 6.45) is 2.35. The topological polar surface area (TPSA) is 21.3 Å². The Labute approximate surface area is 65.0 Å². The fraction of sp³-hybridized carbons (Fsp3) is 1.00. The van der Waals surface area contributed by atoms with Crippen molar-refractivity contribution in [2.45, 2.75) is 26.7 Å². The van der Waals surface area contributed by atoms with Gasteiger partial charge in [-0.25, -0.2) is 0 Å². The summed E-state index contributed by atoms with van der Waals surface area (Å²) >= 11 is 0. The van der Waals surface area contributed by atoms with Gasteiger partial charge in [0.1, 0.15) is 0 Å². The Morgan fingerprint density at radius 2 is 1.80 bits per heavy atom. The van der Waals surface area contributed by atoms with E-state index in [9.17, 15) is 0 Å². The molecule has 0 rings (SSSR count). The molecule has 0 aliphatic heterocycles. The zero-order chi connectivity index (χ0) is 8.24. The van der Waals surface area contributed by atoms with Crippen LogP contribution in [0.25, 0.3) is 0 Å². The Morgan fingerprint density at radius 1 is 1.20 bits per heavy atom. The van der Waals surface area contributed by atoms with E-state index in [1.807, 2.05) is 7.05 Å². The van der Waals surface area contributed by atoms with Gasteiger partial charge in [-0.15, -0.1) is 0 Å². The minimum atomic E-state index is 0.889. The molecule has 0 radical (unpaired) electrons. The monoisotopic (exact) mass is 147 g/mol. The van der Waals surface area contributed by atoms with Crippen LogP contribution in [0.15, 0.2) is 0 Å². The highest BCUT2D eigenvalue weighted by molar-refractivity contribution is 4.28. The van der Waals surface area contributed by atoms with Crippen molar-refractivity contribution in [2.24, 2.45) is 0 Å². The third kappa shape index (κ3) is 24.7. The molecule has 0 heterocycles. The lowest BCUT2D eigenvalue weighted by Gasteiger charge is -1.84. The molecule has 2 heteroatoms. The zero-order valence-corrected chi connectivity index (χ0v) is 7.74. The highest BCUT2D eigenvalue weighted by Gasteiger charge is 1.66. The molecule has 0 aromatic rings. The Balaban J connectivity index is 0. The van der Waals surface area contributed by atoms with Gasteiger partial charge in [0.15, 0.2) is 0 Å². The van der Waals surface area contributed by atoms with Gasteiger partial charge in [0.05, 0.1) is 0 Å². The third-order valence-electron chi connectivity index (χ3n) is 0.908. The van der Waals surface area contributed by atoms with E-state index in [0.717, 1.165) is 19.6 Å². The maximum Gasteiger partial charge on any atom is 0.0459 e. The fourth-order valence-corrected chi connectivity index (χ4v) is 0.454. The van der Waals surface area contributed by atoms with Gasteiger partial charge in [-0.3, -0.25) is 0 Å². The summed E-state index contributed by atoms with van der Waals surface area (Å²) in [6, 6.07) is 0. The van der Waals surface area contributed by atoms with Crippen LogP contribution in [0.4, 0.5) is 0 Å². The van der Waals surface area contributed by atoms with Crippen LogP contribution in [0.1, 0.15) is 26.7 Å². The molecule has 0 unspecified atom stereocenters. The number of ether oxygens (including phenoxy) is 1. The molecule has 0 aromatic heterocycles. The van der Waals surface area contributed by atoms with Crippen molar-refractivity contribution in [3.8, 4) is 0 Å². The molecule has 0 fully saturated rings. The summed E-state index contributed by atoms with van der Waals surface area (Å²) in [4.78, 5) is 0. The predicted octanol–water partition coefficient (Wildman–Crippen LogP) is 1.66. The van der Waals surface area contributed by atoms with Crippen molar-refractivity contribution in [2.75, 3.05) is 27.3 Å². The second-order valence-electron chi connectivity index (χ2n) is 2.10. The number of hydrogen-bond donors (Lipinski definition) is 1. The standard InChI is InChI=1S/C4H11N.C4H10O/c2*1-3-4-5-2/h5H,3-4H2,1-2H3;3-4H2,1-2H3. The molecule has 10 heavy (non-hydrogen) atoms. The average molecular weight is 147 g/mol. The van der Waals surface area contributed by atoms with E-state index in [4.69, 9.17) is 4.74 Å². The number of hydrogen-bond acceptors (Lipinski definition) is 2. The maximum absolute atomic E-state index is 4.69. The molecular formula is C8H21NO. The van der Waals surface area contributed by atoms with Crippen molar-refractivity contribution >= 4 is 0 Å². The number of nitrogens with one attached hydrogen (secondary N) is 1. The summed E-state index contributed by atoms with van der Waals surface area (Å²) < 4.78 is 4.69. The van der Waals surface area contributed by atoms with Crippen molar-refractivity contribution in [3.63, 3.8) is 0 Å². The first kappa shape index (κ1) is 12.6. The van der Waals surface area contributed by atoms with E-state index in [1.165, 1.54) is 6.42 Å². The quantitative estimate of drug-likeness (QED) is 0.653. The van der Waals surface area contributed by atoms with Crippen LogP contribution in [0, 0.1) is 0 Å². The minimum absolute atomic E-state index is 0.889. The molecule has 0 amide bonds. The van der Waals surface area contributed by atoms with Gasteiger partial charge in [-0.2, -0.15) is 0 Å². The first-order valence-electron chi connectivity index (χ1n) is 3.96. The Hall–Kier alpha value is -0.0800.